The molecule has 0 rings (SSSR count). The van der Waals surface area contributed by atoms with E-state index in [2.05, 4.69) is 0 Å². The molecule has 0 aromatic heterocycles. The minimum Gasteiger partial charge on any atom is -0.462 e. The second-order valence-electron chi connectivity index (χ2n) is 3.18. The van der Waals surface area contributed by atoms with Crippen molar-refractivity contribution in [3.63, 3.8) is 0 Å². The Balaban J connectivity index is 0. The zero-order chi connectivity index (χ0) is 12.6. The van der Waals surface area contributed by atoms with E-state index in [-0.39, 0.29) is 16.9 Å². The highest BCUT2D eigenvalue weighted by molar-refractivity contribution is 6.66. The highest BCUT2D eigenvalue weighted by Gasteiger charge is 2.36. The molecule has 0 fully saturated rings. The quantitative estimate of drug-likeness (QED) is 0.369. The summed E-state index contributed by atoms with van der Waals surface area (Å²) in [5, 5.41) is 0. The van der Waals surface area contributed by atoms with Crippen LogP contribution >= 0.6 is 0 Å². The normalized spacial score (nSPS) is 11.9. The van der Waals surface area contributed by atoms with Gasteiger partial charge in [0.25, 0.3) is 0 Å². The lowest BCUT2D eigenvalue weighted by molar-refractivity contribution is -0.139. The van der Waals surface area contributed by atoms with Gasteiger partial charge in [-0.3, -0.25) is 0 Å². The number of hydrogen-bond acceptors (Lipinski definition) is 5. The van der Waals surface area contributed by atoms with Gasteiger partial charge in [0.15, 0.2) is 0 Å². The number of carbonyl (C=O) groups is 1. The third-order valence-electron chi connectivity index (χ3n) is 2.01. The van der Waals surface area contributed by atoms with Crippen LogP contribution in [0.5, 0.6) is 0 Å². The number of carbonyl (C=O) groups excluding carboxylic acids is 1. The van der Waals surface area contributed by atoms with Gasteiger partial charge < -0.3 is 18.0 Å². The number of esters is 1. The maximum absolute atomic E-state index is 11.5. The molecule has 0 aromatic carbocycles. The lowest BCUT2D eigenvalue weighted by atomic mass is 10.4. The predicted molar refractivity (Wildman–Crippen MR) is 73.1 cm³/mol. The molecule has 102 valence electrons. The molecule has 0 N–H and O–H groups in total. The second-order valence-corrected chi connectivity index (χ2v) is 5.90. The van der Waals surface area contributed by atoms with Crippen molar-refractivity contribution in [2.24, 2.45) is 0 Å². The average molecular weight is 280 g/mol. The van der Waals surface area contributed by atoms with Gasteiger partial charge in [0.1, 0.15) is 0 Å². The van der Waals surface area contributed by atoms with Gasteiger partial charge in [-0.1, -0.05) is 6.92 Å². The fourth-order valence-electron chi connectivity index (χ4n) is 1.06. The zero-order valence-electron chi connectivity index (χ0n) is 10.5. The molecule has 0 saturated carbocycles. The number of ether oxygens (including phenoxy) is 1. The Bertz CT molecular complexity index is 243. The fraction of sp³-hybridized carbons (Fsp3) is 0.700. The molecule has 0 aliphatic carbocycles. The van der Waals surface area contributed by atoms with Crippen LogP contribution in [0.1, 0.15) is 20.3 Å². The maximum atomic E-state index is 11.5. The minimum atomic E-state index is -2.85. The summed E-state index contributed by atoms with van der Waals surface area (Å²) in [6.45, 7) is 3.99. The van der Waals surface area contributed by atoms with E-state index in [9.17, 15) is 4.79 Å². The Hall–Kier alpha value is -0.476. The SMILES string of the molecule is CCCOC(=O)C(C)=C[Si](OC)(OC)OC.[SiH4]. The average Bonchev–Trinajstić information content (AvgIpc) is 2.32. The first-order valence-electron chi connectivity index (χ1n) is 5.07. The molecule has 17 heavy (non-hydrogen) atoms. The van der Waals surface area contributed by atoms with Crippen LogP contribution in [0.4, 0.5) is 0 Å². The summed E-state index contributed by atoms with van der Waals surface area (Å²) in [4.78, 5) is 11.5. The topological polar surface area (TPSA) is 54.0 Å². The molecule has 0 bridgehead atoms. The van der Waals surface area contributed by atoms with Crippen LogP contribution in [0.2, 0.25) is 0 Å². The van der Waals surface area contributed by atoms with Gasteiger partial charge in [-0.25, -0.2) is 4.79 Å². The zero-order valence-corrected chi connectivity index (χ0v) is 11.5. The summed E-state index contributed by atoms with van der Waals surface area (Å²) >= 11 is 0. The summed E-state index contributed by atoms with van der Waals surface area (Å²) in [7, 11) is 1.61. The van der Waals surface area contributed by atoms with Gasteiger partial charge in [0.2, 0.25) is 0 Å². The molecule has 0 unspecified atom stereocenters. The van der Waals surface area contributed by atoms with Crippen molar-refractivity contribution in [3.8, 4) is 0 Å². The molecule has 0 saturated heterocycles. The first kappa shape index (κ1) is 18.9. The van der Waals surface area contributed by atoms with E-state index in [4.69, 9.17) is 18.0 Å². The van der Waals surface area contributed by atoms with E-state index in [1.807, 2.05) is 6.92 Å². The van der Waals surface area contributed by atoms with Crippen LogP contribution in [0.25, 0.3) is 0 Å². The van der Waals surface area contributed by atoms with Crippen molar-refractivity contribution < 1.29 is 22.8 Å². The van der Waals surface area contributed by atoms with Gasteiger partial charge in [0, 0.05) is 26.9 Å². The highest BCUT2D eigenvalue weighted by atomic mass is 28.4. The fourth-order valence-corrected chi connectivity index (χ4v) is 2.56. The lowest BCUT2D eigenvalue weighted by Crippen LogP contribution is -2.41. The Morgan fingerprint density at radius 3 is 2.00 bits per heavy atom. The Morgan fingerprint density at radius 2 is 1.65 bits per heavy atom. The molecule has 0 aliphatic heterocycles. The Morgan fingerprint density at radius 1 is 1.18 bits per heavy atom. The van der Waals surface area contributed by atoms with Crippen LogP contribution in [0, 0.1) is 0 Å². The van der Waals surface area contributed by atoms with E-state index in [0.717, 1.165) is 6.42 Å². The molecule has 0 heterocycles. The molecule has 0 amide bonds. The van der Waals surface area contributed by atoms with Gasteiger partial charge in [-0.15, -0.1) is 0 Å². The number of rotatable bonds is 7. The largest absolute Gasteiger partial charge is 0.529 e. The van der Waals surface area contributed by atoms with Crippen LogP contribution in [0.3, 0.4) is 0 Å². The third kappa shape index (κ3) is 6.13. The first-order valence-corrected chi connectivity index (χ1v) is 6.87. The Kier molecular flexibility index (Phi) is 10.6. The monoisotopic (exact) mass is 280 g/mol. The summed E-state index contributed by atoms with van der Waals surface area (Å²) in [6.07, 6.45) is 0.792. The first-order chi connectivity index (χ1) is 7.55. The minimum absolute atomic E-state index is 0. The van der Waals surface area contributed by atoms with Crippen molar-refractivity contribution in [2.45, 2.75) is 20.3 Å². The molecule has 5 nitrogen and oxygen atoms in total. The molecule has 0 aromatic rings. The summed E-state index contributed by atoms with van der Waals surface area (Å²) in [6, 6.07) is 0. The maximum Gasteiger partial charge on any atom is 0.529 e. The molecule has 0 spiro atoms. The smallest absolute Gasteiger partial charge is 0.462 e. The van der Waals surface area contributed by atoms with Crippen molar-refractivity contribution in [1.82, 2.24) is 0 Å². The third-order valence-corrected chi connectivity index (χ3v) is 4.50. The summed E-state index contributed by atoms with van der Waals surface area (Å²) < 4.78 is 20.5. The summed E-state index contributed by atoms with van der Waals surface area (Å²) in [5.74, 6) is -0.370. The van der Waals surface area contributed by atoms with Crippen molar-refractivity contribution >= 4 is 25.7 Å². The van der Waals surface area contributed by atoms with E-state index in [1.165, 1.54) is 21.3 Å². The lowest BCUT2D eigenvalue weighted by Gasteiger charge is -2.21. The molecular weight excluding hydrogens is 256 g/mol. The van der Waals surface area contributed by atoms with Crippen LogP contribution in [-0.2, 0) is 22.8 Å². The predicted octanol–water partition coefficient (Wildman–Crippen LogP) is -0.148. The second kappa shape index (κ2) is 9.54. The van der Waals surface area contributed by atoms with Gasteiger partial charge >= 0.3 is 14.8 Å². The summed E-state index contributed by atoms with van der Waals surface area (Å²) in [5.41, 5.74) is 2.01. The molecule has 0 aliphatic rings. The molecule has 0 atom stereocenters. The molecule has 7 heteroatoms. The van der Waals surface area contributed by atoms with Gasteiger partial charge in [-0.05, 0) is 30.0 Å². The van der Waals surface area contributed by atoms with Crippen LogP contribution in [0.15, 0.2) is 11.3 Å². The standard InChI is InChI=1S/C10H20O5Si.H4Si/c1-6-7-15-10(11)9(2)8-16(12-3,13-4)14-5;/h8H,6-7H2,1-5H3;1H4. The van der Waals surface area contributed by atoms with Gasteiger partial charge in [0.05, 0.1) is 6.61 Å². The number of hydrogen-bond donors (Lipinski definition) is 0. The van der Waals surface area contributed by atoms with E-state index in [1.54, 1.807) is 12.6 Å². The molecular formula is C10H24O5Si2. The Labute approximate surface area is 108 Å². The van der Waals surface area contributed by atoms with E-state index < -0.39 is 8.80 Å². The molecule has 0 radical (unpaired) electrons. The van der Waals surface area contributed by atoms with Crippen LogP contribution in [-0.4, -0.2) is 53.7 Å². The highest BCUT2D eigenvalue weighted by Crippen LogP contribution is 2.11. The van der Waals surface area contributed by atoms with Gasteiger partial charge in [-0.2, -0.15) is 0 Å². The van der Waals surface area contributed by atoms with E-state index in [0.29, 0.717) is 12.2 Å². The van der Waals surface area contributed by atoms with Crippen molar-refractivity contribution in [2.75, 3.05) is 27.9 Å². The van der Waals surface area contributed by atoms with E-state index >= 15 is 0 Å². The van der Waals surface area contributed by atoms with Crippen molar-refractivity contribution in [1.29, 1.82) is 0 Å². The van der Waals surface area contributed by atoms with Crippen molar-refractivity contribution in [3.05, 3.63) is 11.3 Å². The van der Waals surface area contributed by atoms with Crippen LogP contribution < -0.4 is 0 Å².